The number of aromatic nitrogens is 3. The largest absolute Gasteiger partial charge is 0.477 e. The van der Waals surface area contributed by atoms with Gasteiger partial charge in [-0.15, -0.1) is 23.1 Å². The lowest BCUT2D eigenvalue weighted by atomic mass is 10.0. The molecule has 2 amide bonds. The average Bonchev–Trinajstić information content (AvgIpc) is 3.53. The predicted octanol–water partition coefficient (Wildman–Crippen LogP) is 2.30. The van der Waals surface area contributed by atoms with Crippen molar-refractivity contribution in [3.8, 4) is 0 Å². The van der Waals surface area contributed by atoms with Crippen molar-refractivity contribution in [1.82, 2.24) is 19.6 Å². The SMILES string of the molecule is CON=C(C(=O)N[C@@H]1C(=O)N2C(C(=O)O)=C(C[n+]3ccn4c(C(C)C)cc(C(C)C)c4c3)CS[C@@H]12)c1csc(N)n1. The smallest absolute Gasteiger partial charge is 0.352 e. The van der Waals surface area contributed by atoms with Gasteiger partial charge in [0.25, 0.3) is 11.8 Å². The standard InChI is InChI=1S/C27H31N7O5S2/c1-13(2)16-8-18(14(3)4)33-7-6-32(10-19(16)33)9-15-11-40-25-21(24(36)34(25)22(15)26(37)38)30-23(35)20(31-39-5)17-12-41-27(28)29-17/h6-8,10,12-14,21,25H,9,11H2,1-5H3,(H3-,28,29,30,35,37,38)/p+1/t21-,25+/m1/s1. The number of β-lactam (4-membered cyclic amide) rings is 1. The minimum absolute atomic E-state index is 0.0444. The first kappa shape index (κ1) is 28.6. The summed E-state index contributed by atoms with van der Waals surface area (Å²) in [5, 5.41) is 17.8. The van der Waals surface area contributed by atoms with Crippen LogP contribution in [0.15, 0.2) is 46.5 Å². The molecule has 0 aromatic carbocycles. The van der Waals surface area contributed by atoms with Crippen molar-refractivity contribution < 1.29 is 28.9 Å². The molecule has 1 fully saturated rings. The fraction of sp³-hybridized carbons (Fsp3) is 0.407. The van der Waals surface area contributed by atoms with Crippen molar-refractivity contribution in [1.29, 1.82) is 0 Å². The van der Waals surface area contributed by atoms with Crippen LogP contribution < -0.4 is 15.6 Å². The predicted molar refractivity (Wildman–Crippen MR) is 156 cm³/mol. The number of nitrogens with zero attached hydrogens (tertiary/aromatic N) is 5. The van der Waals surface area contributed by atoms with Crippen LogP contribution in [0.1, 0.15) is 56.5 Å². The summed E-state index contributed by atoms with van der Waals surface area (Å²) >= 11 is 2.54. The zero-order valence-electron chi connectivity index (χ0n) is 23.3. The van der Waals surface area contributed by atoms with Crippen molar-refractivity contribution >= 4 is 57.2 Å². The van der Waals surface area contributed by atoms with E-state index in [9.17, 15) is 19.5 Å². The molecule has 0 spiro atoms. The molecule has 0 unspecified atom stereocenters. The van der Waals surface area contributed by atoms with Gasteiger partial charge in [-0.1, -0.05) is 32.9 Å². The summed E-state index contributed by atoms with van der Waals surface area (Å²) in [7, 11) is 1.29. The van der Waals surface area contributed by atoms with Crippen molar-refractivity contribution in [3.05, 3.63) is 58.3 Å². The molecule has 5 heterocycles. The first-order valence-electron chi connectivity index (χ1n) is 13.1. The maximum absolute atomic E-state index is 13.2. The molecule has 3 aromatic rings. The van der Waals surface area contributed by atoms with E-state index in [1.807, 2.05) is 23.2 Å². The van der Waals surface area contributed by atoms with Gasteiger partial charge in [-0.3, -0.25) is 14.5 Å². The van der Waals surface area contributed by atoms with Crippen molar-refractivity contribution in [2.24, 2.45) is 5.16 Å². The Kier molecular flexibility index (Phi) is 7.79. The molecule has 5 rings (SSSR count). The number of carboxylic acid groups (broad SMARTS) is 1. The molecule has 216 valence electrons. The van der Waals surface area contributed by atoms with E-state index in [1.165, 1.54) is 35.0 Å². The Hall–Kier alpha value is -3.91. The highest BCUT2D eigenvalue weighted by molar-refractivity contribution is 8.00. The number of aliphatic carboxylic acids is 1. The quantitative estimate of drug-likeness (QED) is 0.147. The van der Waals surface area contributed by atoms with E-state index in [1.54, 1.807) is 5.38 Å². The van der Waals surface area contributed by atoms with Crippen LogP contribution in [-0.4, -0.2) is 67.2 Å². The minimum atomic E-state index is -1.18. The summed E-state index contributed by atoms with van der Waals surface area (Å²) in [6.45, 7) is 8.94. The number of hydrogen-bond donors (Lipinski definition) is 3. The van der Waals surface area contributed by atoms with Gasteiger partial charge in [0.15, 0.2) is 29.8 Å². The van der Waals surface area contributed by atoms with E-state index >= 15 is 0 Å². The zero-order chi connectivity index (χ0) is 29.6. The number of nitrogens with one attached hydrogen (secondary N) is 1. The molecule has 41 heavy (non-hydrogen) atoms. The lowest BCUT2D eigenvalue weighted by Gasteiger charge is -2.49. The number of rotatable bonds is 9. The number of carbonyl (C=O) groups excluding carboxylic acids is 2. The molecule has 0 saturated carbocycles. The first-order chi connectivity index (χ1) is 19.5. The van der Waals surface area contributed by atoms with Crippen LogP contribution in [0.3, 0.4) is 0 Å². The Morgan fingerprint density at radius 3 is 2.68 bits per heavy atom. The van der Waals surface area contributed by atoms with Crippen LogP contribution >= 0.6 is 23.1 Å². The maximum Gasteiger partial charge on any atom is 0.352 e. The van der Waals surface area contributed by atoms with E-state index in [4.69, 9.17) is 10.6 Å². The van der Waals surface area contributed by atoms with E-state index in [0.717, 1.165) is 16.9 Å². The van der Waals surface area contributed by atoms with Crippen LogP contribution in [0.5, 0.6) is 0 Å². The number of anilines is 1. The minimum Gasteiger partial charge on any atom is -0.477 e. The van der Waals surface area contributed by atoms with Crippen LogP contribution in [0.25, 0.3) is 5.52 Å². The molecule has 1 saturated heterocycles. The molecule has 3 aromatic heterocycles. The van der Waals surface area contributed by atoms with Gasteiger partial charge in [-0.2, -0.15) is 4.57 Å². The Balaban J connectivity index is 1.39. The Bertz CT molecular complexity index is 1610. The third-order valence-electron chi connectivity index (χ3n) is 7.12. The van der Waals surface area contributed by atoms with Crippen molar-refractivity contribution in [3.63, 3.8) is 0 Å². The van der Waals surface area contributed by atoms with Gasteiger partial charge >= 0.3 is 5.97 Å². The van der Waals surface area contributed by atoms with Crippen LogP contribution in [0.4, 0.5) is 5.13 Å². The monoisotopic (exact) mass is 598 g/mol. The molecular formula is C27H32N7O5S2+. The number of nitrogens with two attached hydrogens (primary N) is 1. The van der Waals surface area contributed by atoms with Gasteiger partial charge in [-0.25, -0.2) is 9.78 Å². The summed E-state index contributed by atoms with van der Waals surface area (Å²) in [4.78, 5) is 48.8. The summed E-state index contributed by atoms with van der Waals surface area (Å²) in [6, 6.07) is 1.31. The highest BCUT2D eigenvalue weighted by atomic mass is 32.2. The number of amides is 2. The molecule has 2 aliphatic rings. The van der Waals surface area contributed by atoms with Gasteiger partial charge < -0.3 is 25.4 Å². The Morgan fingerprint density at radius 2 is 2.07 bits per heavy atom. The van der Waals surface area contributed by atoms with E-state index < -0.39 is 29.2 Å². The fourth-order valence-electron chi connectivity index (χ4n) is 5.17. The number of carbonyl (C=O) groups is 3. The number of oxime groups is 1. The summed E-state index contributed by atoms with van der Waals surface area (Å²) in [5.41, 5.74) is 9.87. The van der Waals surface area contributed by atoms with Gasteiger partial charge in [0, 0.05) is 22.4 Å². The molecule has 0 bridgehead atoms. The second-order valence-corrected chi connectivity index (χ2v) is 12.5. The molecule has 0 aliphatic carbocycles. The van der Waals surface area contributed by atoms with Gasteiger partial charge in [-0.05, 0) is 23.5 Å². The second-order valence-electron chi connectivity index (χ2n) is 10.5. The molecule has 2 atom stereocenters. The average molecular weight is 599 g/mol. The topological polar surface area (TPSA) is 156 Å². The number of thioether (sulfide) groups is 1. The molecule has 12 nitrogen and oxygen atoms in total. The lowest BCUT2D eigenvalue weighted by molar-refractivity contribution is -0.688. The second kappa shape index (κ2) is 11.2. The normalized spacial score (nSPS) is 19.1. The lowest BCUT2D eigenvalue weighted by Crippen LogP contribution is -2.71. The molecule has 14 heteroatoms. The molecule has 2 aliphatic heterocycles. The van der Waals surface area contributed by atoms with E-state index in [-0.39, 0.29) is 22.2 Å². The number of carboxylic acids is 1. The molecule has 4 N–H and O–H groups in total. The van der Waals surface area contributed by atoms with Crippen molar-refractivity contribution in [2.45, 2.75) is 57.5 Å². The Morgan fingerprint density at radius 1 is 1.32 bits per heavy atom. The third kappa shape index (κ3) is 5.17. The summed E-state index contributed by atoms with van der Waals surface area (Å²) < 4.78 is 4.14. The zero-order valence-corrected chi connectivity index (χ0v) is 25.0. The summed E-state index contributed by atoms with van der Waals surface area (Å²) in [6.07, 6.45) is 5.97. The van der Waals surface area contributed by atoms with Gasteiger partial charge in [0.05, 0.1) is 6.20 Å². The van der Waals surface area contributed by atoms with Crippen LogP contribution in [0, 0.1) is 0 Å². The van der Waals surface area contributed by atoms with E-state index in [2.05, 4.69) is 53.6 Å². The first-order valence-corrected chi connectivity index (χ1v) is 15.0. The maximum atomic E-state index is 13.2. The fourth-order valence-corrected chi connectivity index (χ4v) is 7.05. The van der Waals surface area contributed by atoms with Crippen LogP contribution in [-0.2, 0) is 25.8 Å². The highest BCUT2D eigenvalue weighted by Gasteiger charge is 2.54. The molecule has 0 radical (unpaired) electrons. The third-order valence-corrected chi connectivity index (χ3v) is 9.13. The highest BCUT2D eigenvalue weighted by Crippen LogP contribution is 2.40. The van der Waals surface area contributed by atoms with Gasteiger partial charge in [0.1, 0.15) is 35.4 Å². The number of thiazole rings is 1. The van der Waals surface area contributed by atoms with E-state index in [0.29, 0.717) is 29.7 Å². The number of fused-ring (bicyclic) bond motifs is 2. The number of nitrogen functional groups attached to an aromatic ring is 1. The number of hydrogen-bond acceptors (Lipinski definition) is 9. The van der Waals surface area contributed by atoms with Crippen LogP contribution in [0.2, 0.25) is 0 Å². The Labute approximate surface area is 244 Å². The summed E-state index contributed by atoms with van der Waals surface area (Å²) in [5.74, 6) is -1.30. The van der Waals surface area contributed by atoms with Gasteiger partial charge in [0.2, 0.25) is 0 Å². The molecular weight excluding hydrogens is 566 g/mol. The van der Waals surface area contributed by atoms with Crippen molar-refractivity contribution in [2.75, 3.05) is 18.6 Å².